The quantitative estimate of drug-likeness (QED) is 0.171. The zero-order chi connectivity index (χ0) is 24.0. The molecule has 1 aromatic carbocycles. The Labute approximate surface area is 198 Å². The van der Waals surface area contributed by atoms with Crippen molar-refractivity contribution < 1.29 is 19.1 Å². The molecule has 0 aliphatic carbocycles. The highest BCUT2D eigenvalue weighted by atomic mass is 35.5. The van der Waals surface area contributed by atoms with E-state index in [9.17, 15) is 14.4 Å². The number of esters is 1. The van der Waals surface area contributed by atoms with Gasteiger partial charge in [0.15, 0.2) is 5.78 Å². The van der Waals surface area contributed by atoms with E-state index in [0.29, 0.717) is 17.0 Å². The summed E-state index contributed by atoms with van der Waals surface area (Å²) in [5.74, 6) is -1.08. The van der Waals surface area contributed by atoms with E-state index in [0.717, 1.165) is 19.3 Å². The molecule has 32 heavy (non-hydrogen) atoms. The Morgan fingerprint density at radius 3 is 1.97 bits per heavy atom. The fourth-order valence-corrected chi connectivity index (χ4v) is 3.82. The van der Waals surface area contributed by atoms with E-state index >= 15 is 0 Å². The van der Waals surface area contributed by atoms with Gasteiger partial charge in [-0.3, -0.25) is 9.59 Å². The van der Waals surface area contributed by atoms with Crippen molar-refractivity contribution in [2.75, 3.05) is 6.61 Å². The fourth-order valence-electron chi connectivity index (χ4n) is 3.69. The maximum absolute atomic E-state index is 13.1. The number of benzene rings is 1. The monoisotopic (exact) mass is 465 g/mol. The summed E-state index contributed by atoms with van der Waals surface area (Å²) in [6.07, 6.45) is 10.8. The molecule has 0 heterocycles. The van der Waals surface area contributed by atoms with Crippen molar-refractivity contribution in [2.24, 2.45) is 5.41 Å². The molecule has 0 aromatic heterocycles. The Balaban J connectivity index is 2.63. The van der Waals surface area contributed by atoms with Crippen LogP contribution in [0.5, 0.6) is 0 Å². The van der Waals surface area contributed by atoms with Crippen molar-refractivity contribution in [3.8, 4) is 0 Å². The number of carbonyl (C=O) groups is 3. The second-order valence-electron chi connectivity index (χ2n) is 8.89. The Morgan fingerprint density at radius 2 is 1.44 bits per heavy atom. The van der Waals surface area contributed by atoms with Gasteiger partial charge in [-0.25, -0.2) is 4.79 Å². The van der Waals surface area contributed by atoms with E-state index in [1.165, 1.54) is 38.5 Å². The summed E-state index contributed by atoms with van der Waals surface area (Å²) in [4.78, 5) is 38.3. The number of nitrogens with one attached hydrogen (secondary N) is 1. The third kappa shape index (κ3) is 9.72. The van der Waals surface area contributed by atoms with Crippen LogP contribution in [-0.4, -0.2) is 30.3 Å². The number of hydrogen-bond acceptors (Lipinski definition) is 4. The van der Waals surface area contributed by atoms with Crippen molar-refractivity contribution in [1.82, 2.24) is 5.32 Å². The molecule has 1 aromatic rings. The lowest BCUT2D eigenvalue weighted by atomic mass is 9.77. The highest BCUT2D eigenvalue weighted by molar-refractivity contribution is 6.30. The summed E-state index contributed by atoms with van der Waals surface area (Å²) in [5, 5.41) is 3.29. The van der Waals surface area contributed by atoms with Crippen molar-refractivity contribution in [3.63, 3.8) is 0 Å². The average molecular weight is 466 g/mol. The topological polar surface area (TPSA) is 72.5 Å². The van der Waals surface area contributed by atoms with Crippen LogP contribution in [0.3, 0.4) is 0 Å². The van der Waals surface area contributed by atoms with Crippen molar-refractivity contribution in [2.45, 2.75) is 97.9 Å². The number of ether oxygens (including phenoxy) is 1. The zero-order valence-corrected chi connectivity index (χ0v) is 20.9. The Bertz CT molecular complexity index is 715. The highest BCUT2D eigenvalue weighted by Crippen LogP contribution is 2.28. The third-order valence-electron chi connectivity index (χ3n) is 5.75. The standard InChI is InChI=1S/C26H40ClNO4/c1-5-7-8-9-10-11-12-13-14-15-22(29)28-23(25(31)32-6-2)26(3,4)24(30)20-16-18-21(27)19-17-20/h16-19,23H,5-15H2,1-4H3,(H,28,29)/t23-/m0/s1. The smallest absolute Gasteiger partial charge is 0.329 e. The third-order valence-corrected chi connectivity index (χ3v) is 6.00. The molecule has 0 aliphatic heterocycles. The number of amides is 1. The molecule has 1 amide bonds. The Hall–Kier alpha value is -1.88. The maximum atomic E-state index is 13.1. The molecule has 0 radical (unpaired) electrons. The predicted molar refractivity (Wildman–Crippen MR) is 130 cm³/mol. The van der Waals surface area contributed by atoms with Crippen LogP contribution in [0.1, 0.15) is 102 Å². The lowest BCUT2D eigenvalue weighted by molar-refractivity contribution is -0.150. The number of Topliss-reactive ketones (excluding diaryl/α,β-unsaturated/α-hetero) is 1. The van der Waals surface area contributed by atoms with Gasteiger partial charge in [0, 0.05) is 17.0 Å². The molecule has 0 spiro atoms. The molecular formula is C26H40ClNO4. The van der Waals surface area contributed by atoms with Gasteiger partial charge in [-0.2, -0.15) is 0 Å². The van der Waals surface area contributed by atoms with Crippen molar-refractivity contribution >= 4 is 29.3 Å². The first-order chi connectivity index (χ1) is 15.2. The minimum absolute atomic E-state index is 0.175. The second-order valence-corrected chi connectivity index (χ2v) is 9.33. The normalized spacial score (nSPS) is 12.3. The summed E-state index contributed by atoms with van der Waals surface area (Å²) < 4.78 is 5.17. The van der Waals surface area contributed by atoms with E-state index < -0.39 is 17.4 Å². The minimum Gasteiger partial charge on any atom is -0.464 e. The molecule has 180 valence electrons. The Kier molecular flexibility index (Phi) is 13.2. The van der Waals surface area contributed by atoms with Gasteiger partial charge in [-0.15, -0.1) is 0 Å². The van der Waals surface area contributed by atoms with Crippen LogP contribution in [0.25, 0.3) is 0 Å². The number of carbonyl (C=O) groups excluding carboxylic acids is 3. The molecule has 1 N–H and O–H groups in total. The molecule has 0 aliphatic rings. The van der Waals surface area contributed by atoms with Crippen molar-refractivity contribution in [1.29, 1.82) is 0 Å². The molecule has 5 nitrogen and oxygen atoms in total. The van der Waals surface area contributed by atoms with Gasteiger partial charge < -0.3 is 10.1 Å². The summed E-state index contributed by atoms with van der Waals surface area (Å²) in [6.45, 7) is 7.41. The minimum atomic E-state index is -1.17. The number of unbranched alkanes of at least 4 members (excludes halogenated alkanes) is 8. The summed E-state index contributed by atoms with van der Waals surface area (Å²) >= 11 is 5.92. The van der Waals surface area contributed by atoms with Crippen molar-refractivity contribution in [3.05, 3.63) is 34.9 Å². The number of ketones is 1. The molecule has 0 bridgehead atoms. The molecule has 1 atom stereocenters. The first kappa shape index (κ1) is 28.2. The first-order valence-corrected chi connectivity index (χ1v) is 12.4. The molecule has 0 saturated carbocycles. The average Bonchev–Trinajstić information content (AvgIpc) is 2.76. The van der Waals surface area contributed by atoms with Gasteiger partial charge in [-0.1, -0.05) is 69.9 Å². The summed E-state index contributed by atoms with van der Waals surface area (Å²) in [5.41, 5.74) is -0.740. The van der Waals surface area contributed by atoms with E-state index in [1.807, 2.05) is 0 Å². The lowest BCUT2D eigenvalue weighted by Crippen LogP contribution is -2.54. The van der Waals surface area contributed by atoms with Gasteiger partial charge in [0.1, 0.15) is 6.04 Å². The van der Waals surface area contributed by atoms with E-state index in [4.69, 9.17) is 16.3 Å². The molecule has 1 rings (SSSR count). The van der Waals surface area contributed by atoms with Gasteiger partial charge in [0.2, 0.25) is 5.91 Å². The van der Waals surface area contributed by atoms with E-state index in [-0.39, 0.29) is 18.3 Å². The van der Waals surface area contributed by atoms with Gasteiger partial charge in [0.05, 0.1) is 12.0 Å². The fraction of sp³-hybridized carbons (Fsp3) is 0.654. The van der Waals surface area contributed by atoms with Crippen LogP contribution in [0, 0.1) is 5.41 Å². The van der Waals surface area contributed by atoms with Crippen LogP contribution in [0.4, 0.5) is 0 Å². The van der Waals surface area contributed by atoms with E-state index in [1.54, 1.807) is 45.0 Å². The molecule has 6 heteroatoms. The van der Waals surface area contributed by atoms with Gasteiger partial charge in [0.25, 0.3) is 0 Å². The Morgan fingerprint density at radius 1 is 0.906 bits per heavy atom. The molecular weight excluding hydrogens is 426 g/mol. The number of rotatable bonds is 16. The molecule has 0 saturated heterocycles. The van der Waals surface area contributed by atoms with Crippen LogP contribution in [-0.2, 0) is 14.3 Å². The van der Waals surface area contributed by atoms with E-state index in [2.05, 4.69) is 12.2 Å². The second kappa shape index (κ2) is 15.0. The van der Waals surface area contributed by atoms with Gasteiger partial charge in [-0.05, 0) is 51.5 Å². The van der Waals surface area contributed by atoms with Crippen LogP contribution >= 0.6 is 11.6 Å². The highest BCUT2D eigenvalue weighted by Gasteiger charge is 2.43. The largest absolute Gasteiger partial charge is 0.464 e. The lowest BCUT2D eigenvalue weighted by Gasteiger charge is -2.32. The SMILES string of the molecule is CCCCCCCCCCCC(=O)N[C@@H](C(=O)OCC)C(C)(C)C(=O)c1ccc(Cl)cc1. The molecule has 0 fully saturated rings. The van der Waals surface area contributed by atoms with Crippen LogP contribution in [0.15, 0.2) is 24.3 Å². The number of halogens is 1. The number of hydrogen-bond donors (Lipinski definition) is 1. The van der Waals surface area contributed by atoms with Gasteiger partial charge >= 0.3 is 5.97 Å². The predicted octanol–water partition coefficient (Wildman–Crippen LogP) is 6.52. The first-order valence-electron chi connectivity index (χ1n) is 12.0. The van der Waals surface area contributed by atoms with Crippen LogP contribution < -0.4 is 5.32 Å². The summed E-state index contributed by atoms with van der Waals surface area (Å²) in [7, 11) is 0. The maximum Gasteiger partial charge on any atom is 0.329 e. The molecule has 0 unspecified atom stereocenters. The zero-order valence-electron chi connectivity index (χ0n) is 20.2. The van der Waals surface area contributed by atoms with Crippen LogP contribution in [0.2, 0.25) is 5.02 Å². The summed E-state index contributed by atoms with van der Waals surface area (Å²) in [6, 6.07) is 5.45.